The summed E-state index contributed by atoms with van der Waals surface area (Å²) in [6.45, 7) is 3.19. The van der Waals surface area contributed by atoms with Gasteiger partial charge in [0, 0.05) is 0 Å². The average molecular weight is 377 g/mol. The van der Waals surface area contributed by atoms with Crippen LogP contribution in [0, 0.1) is 0 Å². The lowest BCUT2D eigenvalue weighted by atomic mass is 10.0. The first-order chi connectivity index (χ1) is 13.4. The molecular weight excluding hydrogens is 332 g/mol. The Morgan fingerprint density at radius 3 is 1.41 bits per heavy atom. The molecule has 2 heteroatoms. The fourth-order valence-corrected chi connectivity index (χ4v) is 3.53. The van der Waals surface area contributed by atoms with E-state index < -0.39 is 0 Å². The summed E-state index contributed by atoms with van der Waals surface area (Å²) in [6, 6.07) is 7.72. The minimum atomic E-state index is 0.0966. The van der Waals surface area contributed by atoms with E-state index in [0.717, 1.165) is 24.3 Å². The van der Waals surface area contributed by atoms with E-state index >= 15 is 0 Å². The van der Waals surface area contributed by atoms with Gasteiger partial charge in [0.25, 0.3) is 0 Å². The Hall–Kier alpha value is -1.02. The summed E-state index contributed by atoms with van der Waals surface area (Å²) in [5, 5.41) is 9.02. The molecule has 0 aromatic heterocycles. The summed E-state index contributed by atoms with van der Waals surface area (Å²) in [6.07, 6.45) is 22.3. The molecule has 0 unspecified atom stereocenters. The van der Waals surface area contributed by atoms with Crippen LogP contribution in [-0.4, -0.2) is 11.7 Å². The molecule has 1 aromatic rings. The van der Waals surface area contributed by atoms with Crippen LogP contribution in [0.1, 0.15) is 115 Å². The third-order valence-electron chi connectivity index (χ3n) is 5.37. The van der Waals surface area contributed by atoms with Crippen LogP contribution in [0.15, 0.2) is 24.3 Å². The molecule has 0 bridgehead atoms. The topological polar surface area (TPSA) is 29.5 Å². The fraction of sp³-hybridized carbons (Fsp3) is 0.760. The second kappa shape index (κ2) is 18.3. The van der Waals surface area contributed by atoms with Gasteiger partial charge in [0.05, 0.1) is 13.2 Å². The van der Waals surface area contributed by atoms with E-state index in [0.29, 0.717) is 0 Å². The minimum Gasteiger partial charge on any atom is -0.494 e. The molecule has 0 heterocycles. The van der Waals surface area contributed by atoms with E-state index in [1.165, 1.54) is 96.3 Å². The van der Waals surface area contributed by atoms with Gasteiger partial charge in [0.15, 0.2) is 0 Å². The van der Waals surface area contributed by atoms with Gasteiger partial charge in [-0.2, -0.15) is 0 Å². The van der Waals surface area contributed by atoms with E-state index in [1.807, 2.05) is 24.3 Å². The number of hydrogen-bond acceptors (Lipinski definition) is 2. The van der Waals surface area contributed by atoms with Crippen LogP contribution in [0.5, 0.6) is 5.75 Å². The molecule has 156 valence electrons. The molecule has 0 radical (unpaired) electrons. The van der Waals surface area contributed by atoms with Gasteiger partial charge in [-0.3, -0.25) is 0 Å². The number of rotatable bonds is 19. The molecule has 0 saturated carbocycles. The third kappa shape index (κ3) is 14.7. The number of aliphatic hydroxyl groups excluding tert-OH is 1. The molecule has 1 rings (SSSR count). The van der Waals surface area contributed by atoms with Crippen molar-refractivity contribution in [2.24, 2.45) is 0 Å². The smallest absolute Gasteiger partial charge is 0.119 e. The van der Waals surface area contributed by atoms with Gasteiger partial charge < -0.3 is 9.84 Å². The summed E-state index contributed by atoms with van der Waals surface area (Å²) in [5.41, 5.74) is 0.935. The lowest BCUT2D eigenvalue weighted by molar-refractivity contribution is 0.281. The first kappa shape index (κ1) is 24.0. The molecule has 0 spiro atoms. The Morgan fingerprint density at radius 2 is 1.00 bits per heavy atom. The molecule has 0 amide bonds. The van der Waals surface area contributed by atoms with Gasteiger partial charge in [-0.1, -0.05) is 115 Å². The Labute approximate surface area is 168 Å². The predicted octanol–water partition coefficient (Wildman–Crippen LogP) is 7.82. The number of aliphatic hydroxyl groups is 1. The van der Waals surface area contributed by atoms with Crippen LogP contribution in [0.25, 0.3) is 0 Å². The molecule has 0 aliphatic carbocycles. The van der Waals surface area contributed by atoms with Crippen molar-refractivity contribution in [3.05, 3.63) is 29.8 Å². The van der Waals surface area contributed by atoms with Crippen molar-refractivity contribution in [1.82, 2.24) is 0 Å². The first-order valence-electron chi connectivity index (χ1n) is 11.7. The largest absolute Gasteiger partial charge is 0.494 e. The molecule has 0 fully saturated rings. The van der Waals surface area contributed by atoms with Crippen molar-refractivity contribution < 1.29 is 9.84 Å². The van der Waals surface area contributed by atoms with Crippen molar-refractivity contribution >= 4 is 0 Å². The summed E-state index contributed by atoms with van der Waals surface area (Å²) in [4.78, 5) is 0. The normalized spacial score (nSPS) is 11.0. The van der Waals surface area contributed by atoms with Crippen molar-refractivity contribution in [2.45, 2.75) is 116 Å². The van der Waals surface area contributed by atoms with E-state index in [9.17, 15) is 0 Å². The second-order valence-corrected chi connectivity index (χ2v) is 7.95. The number of benzene rings is 1. The molecule has 0 aliphatic rings. The molecule has 0 atom stereocenters. The van der Waals surface area contributed by atoms with E-state index in [2.05, 4.69) is 6.92 Å². The maximum atomic E-state index is 9.02. The highest BCUT2D eigenvalue weighted by Gasteiger charge is 1.97. The van der Waals surface area contributed by atoms with Crippen LogP contribution in [0.2, 0.25) is 0 Å². The van der Waals surface area contributed by atoms with Crippen LogP contribution >= 0.6 is 0 Å². The number of hydrogen-bond donors (Lipinski definition) is 1. The average Bonchev–Trinajstić information content (AvgIpc) is 2.70. The van der Waals surface area contributed by atoms with Gasteiger partial charge in [-0.25, -0.2) is 0 Å². The second-order valence-electron chi connectivity index (χ2n) is 7.95. The number of ether oxygens (including phenoxy) is 1. The highest BCUT2D eigenvalue weighted by molar-refractivity contribution is 5.26. The highest BCUT2D eigenvalue weighted by Crippen LogP contribution is 2.15. The molecule has 1 N–H and O–H groups in total. The van der Waals surface area contributed by atoms with E-state index in [-0.39, 0.29) is 6.61 Å². The van der Waals surface area contributed by atoms with Gasteiger partial charge in [0.1, 0.15) is 5.75 Å². The van der Waals surface area contributed by atoms with Gasteiger partial charge in [-0.15, -0.1) is 0 Å². The zero-order valence-corrected chi connectivity index (χ0v) is 17.9. The van der Waals surface area contributed by atoms with Crippen LogP contribution in [0.3, 0.4) is 0 Å². The fourth-order valence-electron chi connectivity index (χ4n) is 3.53. The van der Waals surface area contributed by atoms with Crippen molar-refractivity contribution in [3.63, 3.8) is 0 Å². The minimum absolute atomic E-state index is 0.0966. The summed E-state index contributed by atoms with van der Waals surface area (Å²) >= 11 is 0. The lowest BCUT2D eigenvalue weighted by Crippen LogP contribution is -1.97. The molecule has 27 heavy (non-hydrogen) atoms. The van der Waals surface area contributed by atoms with Crippen molar-refractivity contribution in [2.75, 3.05) is 6.61 Å². The van der Waals surface area contributed by atoms with Crippen LogP contribution < -0.4 is 4.74 Å². The summed E-state index contributed by atoms with van der Waals surface area (Å²) < 4.78 is 5.74. The van der Waals surface area contributed by atoms with Crippen molar-refractivity contribution in [1.29, 1.82) is 0 Å². The molecule has 0 saturated heterocycles. The Morgan fingerprint density at radius 1 is 0.593 bits per heavy atom. The summed E-state index contributed by atoms with van der Waals surface area (Å²) in [7, 11) is 0. The monoisotopic (exact) mass is 376 g/mol. The van der Waals surface area contributed by atoms with Crippen molar-refractivity contribution in [3.8, 4) is 5.75 Å². The Balaban J connectivity index is 1.75. The van der Waals surface area contributed by atoms with Gasteiger partial charge in [0.2, 0.25) is 0 Å². The van der Waals surface area contributed by atoms with Gasteiger partial charge in [-0.05, 0) is 24.1 Å². The lowest BCUT2D eigenvalue weighted by Gasteiger charge is -2.07. The zero-order valence-electron chi connectivity index (χ0n) is 17.9. The molecule has 1 aromatic carbocycles. The maximum absolute atomic E-state index is 9.02. The predicted molar refractivity (Wildman–Crippen MR) is 117 cm³/mol. The Bertz CT molecular complexity index is 413. The SMILES string of the molecule is CCCCCCCCCCCCCCCCCCOc1ccc(CO)cc1. The van der Waals surface area contributed by atoms with Crippen LogP contribution in [-0.2, 0) is 6.61 Å². The summed E-state index contributed by atoms with van der Waals surface area (Å²) in [5.74, 6) is 0.910. The molecule has 0 aliphatic heterocycles. The molecular formula is C25H44O2. The van der Waals surface area contributed by atoms with E-state index in [1.54, 1.807) is 0 Å². The standard InChI is InChI=1S/C25H44O2/c1-2-3-4-5-6-7-8-9-10-11-12-13-14-15-16-17-22-27-25-20-18-24(23-26)19-21-25/h18-21,26H,2-17,22-23H2,1H3. The molecule has 2 nitrogen and oxygen atoms in total. The Kier molecular flexibility index (Phi) is 16.3. The van der Waals surface area contributed by atoms with Gasteiger partial charge >= 0.3 is 0 Å². The third-order valence-corrected chi connectivity index (χ3v) is 5.37. The quantitative estimate of drug-likeness (QED) is 0.249. The maximum Gasteiger partial charge on any atom is 0.119 e. The van der Waals surface area contributed by atoms with E-state index in [4.69, 9.17) is 9.84 Å². The first-order valence-corrected chi connectivity index (χ1v) is 11.7. The number of unbranched alkanes of at least 4 members (excludes halogenated alkanes) is 15. The highest BCUT2D eigenvalue weighted by atomic mass is 16.5. The van der Waals surface area contributed by atoms with Crippen LogP contribution in [0.4, 0.5) is 0 Å². The zero-order chi connectivity index (χ0) is 19.4.